The van der Waals surface area contributed by atoms with Crippen molar-refractivity contribution in [1.82, 2.24) is 5.32 Å². The van der Waals surface area contributed by atoms with Crippen molar-refractivity contribution in [3.05, 3.63) is 71.0 Å². The molecule has 1 N–H and O–H groups in total. The molecule has 152 valence electrons. The topological polar surface area (TPSA) is 68.5 Å². The fraction of sp³-hybridized carbons (Fsp3) is 0.333. The molecule has 2 aromatic carbocycles. The number of hydrogen-bond acceptors (Lipinski definition) is 4. The van der Waals surface area contributed by atoms with Gasteiger partial charge in [-0.3, -0.25) is 9.59 Å². The van der Waals surface area contributed by atoms with Crippen molar-refractivity contribution in [2.24, 2.45) is 0 Å². The average molecular weight is 393 g/mol. The van der Waals surface area contributed by atoms with E-state index in [9.17, 15) is 9.59 Å². The molecule has 0 saturated heterocycles. The average Bonchev–Trinajstić information content (AvgIpc) is 3.08. The second-order valence-electron chi connectivity index (χ2n) is 7.35. The summed E-state index contributed by atoms with van der Waals surface area (Å²) in [5, 5.41) is 3.86. The number of benzene rings is 2. The maximum Gasteiger partial charge on any atom is 0.310 e. The van der Waals surface area contributed by atoms with Gasteiger partial charge in [-0.15, -0.1) is 0 Å². The minimum absolute atomic E-state index is 0.0693. The van der Waals surface area contributed by atoms with Gasteiger partial charge in [0.25, 0.3) is 5.91 Å². The first-order valence-corrected chi connectivity index (χ1v) is 9.95. The maximum atomic E-state index is 12.3. The van der Waals surface area contributed by atoms with Gasteiger partial charge in [0.15, 0.2) is 6.61 Å². The van der Waals surface area contributed by atoms with Crippen LogP contribution in [0, 0.1) is 13.8 Å². The fourth-order valence-corrected chi connectivity index (χ4v) is 3.36. The molecule has 1 atom stereocenters. The Hall–Kier alpha value is -3.08. The molecule has 0 aliphatic heterocycles. The number of furan rings is 1. The molecule has 0 aliphatic carbocycles. The van der Waals surface area contributed by atoms with E-state index in [-0.39, 0.29) is 25.0 Å². The van der Waals surface area contributed by atoms with Crippen LogP contribution in [-0.2, 0) is 20.7 Å². The van der Waals surface area contributed by atoms with E-state index >= 15 is 0 Å². The van der Waals surface area contributed by atoms with E-state index in [2.05, 4.69) is 12.2 Å². The van der Waals surface area contributed by atoms with Crippen molar-refractivity contribution in [2.75, 3.05) is 6.61 Å². The molecule has 0 spiro atoms. The largest absolute Gasteiger partial charge is 0.464 e. The van der Waals surface area contributed by atoms with Gasteiger partial charge in [0.05, 0.1) is 18.7 Å². The Balaban J connectivity index is 1.56. The van der Waals surface area contributed by atoms with Gasteiger partial charge in [0, 0.05) is 10.9 Å². The summed E-state index contributed by atoms with van der Waals surface area (Å²) in [5.74, 6) is -0.753. The van der Waals surface area contributed by atoms with Crippen LogP contribution >= 0.6 is 0 Å². The van der Waals surface area contributed by atoms with Crippen LogP contribution in [0.2, 0.25) is 0 Å². The highest BCUT2D eigenvalue weighted by Crippen LogP contribution is 2.25. The summed E-state index contributed by atoms with van der Waals surface area (Å²) in [6.45, 7) is 5.82. The Bertz CT molecular complexity index is 991. The molecule has 0 radical (unpaired) electrons. The molecule has 1 amide bonds. The number of amides is 1. The van der Waals surface area contributed by atoms with Crippen molar-refractivity contribution in [2.45, 2.75) is 46.1 Å². The first kappa shape index (κ1) is 20.6. The zero-order valence-corrected chi connectivity index (χ0v) is 17.2. The quantitative estimate of drug-likeness (QED) is 0.559. The Morgan fingerprint density at radius 3 is 2.55 bits per heavy atom. The number of fused-ring (bicyclic) bond motifs is 1. The number of rotatable bonds is 8. The van der Waals surface area contributed by atoms with Crippen LogP contribution in [0.15, 0.2) is 53.1 Å². The Morgan fingerprint density at radius 1 is 1.10 bits per heavy atom. The van der Waals surface area contributed by atoms with Crippen LogP contribution in [0.1, 0.15) is 48.1 Å². The molecular weight excluding hydrogens is 366 g/mol. The highest BCUT2D eigenvalue weighted by Gasteiger charge is 2.17. The molecular formula is C24H27NO4. The van der Waals surface area contributed by atoms with Crippen LogP contribution in [0.5, 0.6) is 0 Å². The normalized spacial score (nSPS) is 12.0. The van der Waals surface area contributed by atoms with Gasteiger partial charge in [0.2, 0.25) is 0 Å². The highest BCUT2D eigenvalue weighted by atomic mass is 16.5. The Labute approximate surface area is 171 Å². The van der Waals surface area contributed by atoms with E-state index in [1.807, 2.05) is 56.3 Å². The molecule has 5 nitrogen and oxygen atoms in total. The zero-order valence-electron chi connectivity index (χ0n) is 17.2. The fourth-order valence-electron chi connectivity index (χ4n) is 3.36. The van der Waals surface area contributed by atoms with Crippen molar-refractivity contribution < 1.29 is 18.7 Å². The molecule has 29 heavy (non-hydrogen) atoms. The minimum atomic E-state index is -0.451. The number of hydrogen-bond donors (Lipinski definition) is 1. The lowest BCUT2D eigenvalue weighted by molar-refractivity contribution is -0.148. The summed E-state index contributed by atoms with van der Waals surface area (Å²) in [6.07, 6.45) is 3.41. The lowest BCUT2D eigenvalue weighted by atomic mass is 10.0. The van der Waals surface area contributed by atoms with E-state index in [1.165, 1.54) is 0 Å². The van der Waals surface area contributed by atoms with Gasteiger partial charge in [-0.05, 0) is 49.1 Å². The predicted octanol–water partition coefficient (Wildman–Crippen LogP) is 4.79. The monoisotopic (exact) mass is 393 g/mol. The summed E-state index contributed by atoms with van der Waals surface area (Å²) in [6, 6.07) is 13.7. The van der Waals surface area contributed by atoms with Crippen molar-refractivity contribution in [1.29, 1.82) is 0 Å². The van der Waals surface area contributed by atoms with E-state index < -0.39 is 5.97 Å². The minimum Gasteiger partial charge on any atom is -0.464 e. The molecule has 1 aromatic heterocycles. The van der Waals surface area contributed by atoms with Crippen LogP contribution in [0.4, 0.5) is 0 Å². The van der Waals surface area contributed by atoms with Crippen LogP contribution in [-0.4, -0.2) is 18.5 Å². The van der Waals surface area contributed by atoms with Gasteiger partial charge in [-0.25, -0.2) is 0 Å². The molecule has 0 bridgehead atoms. The molecule has 1 heterocycles. The number of carbonyl (C=O) groups excluding carboxylic acids is 2. The molecule has 3 rings (SSSR count). The first-order valence-electron chi connectivity index (χ1n) is 9.95. The molecule has 0 fully saturated rings. The number of aryl methyl sites for hydroxylation is 2. The zero-order chi connectivity index (χ0) is 20.8. The smallest absolute Gasteiger partial charge is 0.310 e. The number of ether oxygens (including phenoxy) is 1. The third-order valence-corrected chi connectivity index (χ3v) is 5.08. The van der Waals surface area contributed by atoms with Gasteiger partial charge in [-0.1, -0.05) is 43.7 Å². The summed E-state index contributed by atoms with van der Waals surface area (Å²) in [4.78, 5) is 24.5. The molecule has 0 aliphatic rings. The van der Waals surface area contributed by atoms with Gasteiger partial charge >= 0.3 is 5.97 Å². The molecule has 5 heteroatoms. The van der Waals surface area contributed by atoms with E-state index in [4.69, 9.17) is 9.15 Å². The first-order chi connectivity index (χ1) is 14.0. The van der Waals surface area contributed by atoms with Crippen molar-refractivity contribution >= 4 is 22.8 Å². The third-order valence-electron chi connectivity index (χ3n) is 5.08. The van der Waals surface area contributed by atoms with Crippen LogP contribution in [0.3, 0.4) is 0 Å². The van der Waals surface area contributed by atoms with Gasteiger partial charge < -0.3 is 14.5 Å². The molecule has 0 unspecified atom stereocenters. The summed E-state index contributed by atoms with van der Waals surface area (Å²) in [7, 11) is 0. The second kappa shape index (κ2) is 9.41. The number of carbonyl (C=O) groups is 2. The van der Waals surface area contributed by atoms with Gasteiger partial charge in [0.1, 0.15) is 5.58 Å². The second-order valence-corrected chi connectivity index (χ2v) is 7.35. The highest BCUT2D eigenvalue weighted by molar-refractivity contribution is 5.87. The summed E-state index contributed by atoms with van der Waals surface area (Å²) >= 11 is 0. The lowest BCUT2D eigenvalue weighted by Gasteiger charge is -2.18. The molecule has 3 aromatic rings. The van der Waals surface area contributed by atoms with E-state index in [0.717, 1.165) is 46.1 Å². The summed E-state index contributed by atoms with van der Waals surface area (Å²) < 4.78 is 10.8. The van der Waals surface area contributed by atoms with Crippen molar-refractivity contribution in [3.8, 4) is 0 Å². The Kier molecular flexibility index (Phi) is 6.70. The van der Waals surface area contributed by atoms with E-state index in [1.54, 1.807) is 6.26 Å². The standard InChI is InChI=1S/C24H27NO4/c1-4-8-21(18-9-6-5-7-10-18)25-23(26)15-29-24(27)13-19-14-28-22-12-17(3)16(2)11-20(19)22/h5-7,9-12,14,21H,4,8,13,15H2,1-3H3,(H,25,26)/t21-/m1/s1. The number of esters is 1. The third kappa shape index (κ3) is 5.25. The van der Waals surface area contributed by atoms with Crippen LogP contribution in [0.25, 0.3) is 11.0 Å². The number of nitrogens with one attached hydrogen (secondary N) is 1. The van der Waals surface area contributed by atoms with Gasteiger partial charge in [-0.2, -0.15) is 0 Å². The lowest BCUT2D eigenvalue weighted by Crippen LogP contribution is -2.32. The Morgan fingerprint density at radius 2 is 1.83 bits per heavy atom. The van der Waals surface area contributed by atoms with Crippen molar-refractivity contribution in [3.63, 3.8) is 0 Å². The van der Waals surface area contributed by atoms with E-state index in [0.29, 0.717) is 0 Å². The molecule has 0 saturated carbocycles. The van der Waals surface area contributed by atoms with Crippen LogP contribution < -0.4 is 5.32 Å². The SMILES string of the molecule is CCC[C@@H](NC(=O)COC(=O)Cc1coc2cc(C)c(C)cc12)c1ccccc1. The summed E-state index contributed by atoms with van der Waals surface area (Å²) in [5.41, 5.74) is 4.83. The predicted molar refractivity (Wildman–Crippen MR) is 113 cm³/mol. The maximum absolute atomic E-state index is 12.3.